The Morgan fingerprint density at radius 1 is 1.50 bits per heavy atom. The van der Waals surface area contributed by atoms with Gasteiger partial charge in [0.25, 0.3) is 0 Å². The summed E-state index contributed by atoms with van der Waals surface area (Å²) in [6.07, 6.45) is 0. The Hall–Kier alpha value is -1.07. The van der Waals surface area contributed by atoms with E-state index in [-0.39, 0.29) is 5.91 Å². The second-order valence-electron chi connectivity index (χ2n) is 4.96. The van der Waals surface area contributed by atoms with E-state index in [1.165, 1.54) is 0 Å². The number of hydrogen-bond donors (Lipinski definition) is 2. The van der Waals surface area contributed by atoms with Crippen molar-refractivity contribution in [2.24, 2.45) is 5.73 Å². The van der Waals surface area contributed by atoms with Gasteiger partial charge in [0, 0.05) is 24.1 Å². The van der Waals surface area contributed by atoms with Crippen LogP contribution >= 0.6 is 15.9 Å². The van der Waals surface area contributed by atoms with Gasteiger partial charge in [0.05, 0.1) is 5.69 Å². The van der Waals surface area contributed by atoms with E-state index in [4.69, 9.17) is 5.73 Å². The summed E-state index contributed by atoms with van der Waals surface area (Å²) in [7, 11) is 0. The molecule has 0 aromatic heterocycles. The van der Waals surface area contributed by atoms with E-state index in [9.17, 15) is 4.79 Å². The number of benzene rings is 1. The first-order chi connectivity index (χ1) is 8.46. The van der Waals surface area contributed by atoms with E-state index >= 15 is 0 Å². The maximum atomic E-state index is 11.9. The second-order valence-corrected chi connectivity index (χ2v) is 5.81. The highest BCUT2D eigenvalue weighted by atomic mass is 79.9. The normalized spacial score (nSPS) is 18.7. The van der Waals surface area contributed by atoms with Crippen molar-refractivity contribution >= 4 is 27.5 Å². The molecule has 1 heterocycles. The largest absolute Gasteiger partial charge is 0.355 e. The molecule has 1 aromatic carbocycles. The van der Waals surface area contributed by atoms with E-state index in [0.29, 0.717) is 13.1 Å². The van der Waals surface area contributed by atoms with Crippen molar-refractivity contribution in [3.63, 3.8) is 0 Å². The lowest BCUT2D eigenvalue weighted by Crippen LogP contribution is -2.62. The predicted molar refractivity (Wildman–Crippen MR) is 76.5 cm³/mol. The highest BCUT2D eigenvalue weighted by Crippen LogP contribution is 2.33. The third-order valence-corrected chi connectivity index (χ3v) is 4.03. The molecule has 1 fully saturated rings. The van der Waals surface area contributed by atoms with Crippen molar-refractivity contribution < 1.29 is 4.79 Å². The van der Waals surface area contributed by atoms with Gasteiger partial charge in [-0.15, -0.1) is 0 Å². The first-order valence-corrected chi connectivity index (χ1v) is 6.80. The third-order valence-electron chi connectivity index (χ3n) is 3.39. The Morgan fingerprint density at radius 3 is 2.83 bits per heavy atom. The molecule has 0 aliphatic carbocycles. The monoisotopic (exact) mass is 311 g/mol. The van der Waals surface area contributed by atoms with Gasteiger partial charge in [-0.1, -0.05) is 6.07 Å². The number of piperazine rings is 1. The summed E-state index contributed by atoms with van der Waals surface area (Å²) in [5, 5.41) is 2.90. The van der Waals surface area contributed by atoms with Crippen LogP contribution < -0.4 is 16.0 Å². The Balaban J connectivity index is 2.38. The fraction of sp³-hybridized carbons (Fsp3) is 0.462. The molecule has 1 amide bonds. The first kappa shape index (κ1) is 13.4. The predicted octanol–water partition coefficient (Wildman–Crippen LogP) is 1.62. The fourth-order valence-corrected chi connectivity index (χ4v) is 2.86. The number of carbonyl (C=O) groups excluding carboxylic acids is 1. The molecule has 1 aliphatic rings. The molecule has 0 radical (unpaired) electrons. The van der Waals surface area contributed by atoms with E-state index in [2.05, 4.69) is 26.1 Å². The van der Waals surface area contributed by atoms with E-state index in [1.807, 2.05) is 32.0 Å². The van der Waals surface area contributed by atoms with Crippen LogP contribution in [0.5, 0.6) is 0 Å². The number of nitrogens with zero attached hydrogens (tertiary/aromatic N) is 1. The molecule has 2 rings (SSSR count). The number of amides is 1. The average Bonchev–Trinajstić information content (AvgIpc) is 2.33. The minimum Gasteiger partial charge on any atom is -0.355 e. The summed E-state index contributed by atoms with van der Waals surface area (Å²) < 4.78 is 0.980. The summed E-state index contributed by atoms with van der Waals surface area (Å²) in [5.41, 5.74) is 7.20. The molecule has 3 N–H and O–H groups in total. The molecule has 0 unspecified atom stereocenters. The molecule has 98 valence electrons. The Labute approximate surface area is 116 Å². The topological polar surface area (TPSA) is 58.4 Å². The van der Waals surface area contributed by atoms with Crippen molar-refractivity contribution in [2.75, 3.05) is 18.0 Å². The van der Waals surface area contributed by atoms with Gasteiger partial charge >= 0.3 is 0 Å². The van der Waals surface area contributed by atoms with E-state index < -0.39 is 5.54 Å². The van der Waals surface area contributed by atoms with Gasteiger partial charge in [-0.25, -0.2) is 0 Å². The average molecular weight is 312 g/mol. The van der Waals surface area contributed by atoms with Crippen molar-refractivity contribution in [1.29, 1.82) is 0 Å². The van der Waals surface area contributed by atoms with Gasteiger partial charge < -0.3 is 16.0 Å². The molecule has 0 saturated carbocycles. The molecule has 5 heteroatoms. The van der Waals surface area contributed by atoms with E-state index in [0.717, 1.165) is 22.3 Å². The highest BCUT2D eigenvalue weighted by Gasteiger charge is 2.38. The van der Waals surface area contributed by atoms with Gasteiger partial charge in [-0.2, -0.15) is 0 Å². The zero-order chi connectivity index (χ0) is 13.3. The number of nitrogens with one attached hydrogen (secondary N) is 1. The molecule has 4 nitrogen and oxygen atoms in total. The second kappa shape index (κ2) is 4.90. The fourth-order valence-electron chi connectivity index (χ4n) is 2.22. The number of halogens is 1. The van der Waals surface area contributed by atoms with Crippen LogP contribution in [0.3, 0.4) is 0 Å². The molecule has 0 atom stereocenters. The molecular weight excluding hydrogens is 294 g/mol. The highest BCUT2D eigenvalue weighted by molar-refractivity contribution is 9.10. The lowest BCUT2D eigenvalue weighted by molar-refractivity contribution is -0.126. The van der Waals surface area contributed by atoms with Crippen molar-refractivity contribution in [1.82, 2.24) is 5.32 Å². The molecule has 0 bridgehead atoms. The number of hydrogen-bond acceptors (Lipinski definition) is 3. The van der Waals surface area contributed by atoms with Crippen LogP contribution in [0.4, 0.5) is 5.69 Å². The summed E-state index contributed by atoms with van der Waals surface area (Å²) in [5.74, 6) is 0.0588. The summed E-state index contributed by atoms with van der Waals surface area (Å²) in [4.78, 5) is 14.1. The number of rotatable bonds is 2. The number of carbonyl (C=O) groups is 1. The van der Waals surface area contributed by atoms with Crippen LogP contribution in [-0.4, -0.2) is 24.5 Å². The van der Waals surface area contributed by atoms with Crippen LogP contribution in [0, 0.1) is 0 Å². The Kier molecular flexibility index (Phi) is 3.64. The minimum absolute atomic E-state index is 0.0588. The maximum absolute atomic E-state index is 11.9. The molecule has 1 saturated heterocycles. The zero-order valence-electron chi connectivity index (χ0n) is 10.7. The number of anilines is 1. The summed E-state index contributed by atoms with van der Waals surface area (Å²) >= 11 is 3.57. The van der Waals surface area contributed by atoms with Gasteiger partial charge in [-0.3, -0.25) is 4.79 Å². The smallest absolute Gasteiger partial charge is 0.245 e. The zero-order valence-corrected chi connectivity index (χ0v) is 12.3. The Bertz CT molecular complexity index is 473. The van der Waals surface area contributed by atoms with Crippen LogP contribution in [-0.2, 0) is 11.3 Å². The van der Waals surface area contributed by atoms with Crippen LogP contribution in [0.25, 0.3) is 0 Å². The van der Waals surface area contributed by atoms with Crippen molar-refractivity contribution in [3.05, 3.63) is 28.2 Å². The van der Waals surface area contributed by atoms with Gasteiger partial charge in [0.15, 0.2) is 0 Å². The standard InChI is InChI=1S/C13H18BrN3O/c1-13(2)12(18)16-5-6-17(13)11-4-3-9(8-15)7-10(11)14/h3-4,7H,5-6,8,15H2,1-2H3,(H,16,18). The summed E-state index contributed by atoms with van der Waals surface area (Å²) in [6, 6.07) is 6.03. The maximum Gasteiger partial charge on any atom is 0.245 e. The van der Waals surface area contributed by atoms with E-state index in [1.54, 1.807) is 0 Å². The van der Waals surface area contributed by atoms with Crippen LogP contribution in [0.1, 0.15) is 19.4 Å². The third kappa shape index (κ3) is 2.24. The first-order valence-electron chi connectivity index (χ1n) is 6.01. The number of nitrogens with two attached hydrogens (primary N) is 1. The van der Waals surface area contributed by atoms with Crippen LogP contribution in [0.2, 0.25) is 0 Å². The van der Waals surface area contributed by atoms with Crippen molar-refractivity contribution in [2.45, 2.75) is 25.9 Å². The van der Waals surface area contributed by atoms with Gasteiger partial charge in [0.1, 0.15) is 5.54 Å². The van der Waals surface area contributed by atoms with Gasteiger partial charge in [0.2, 0.25) is 5.91 Å². The molecule has 18 heavy (non-hydrogen) atoms. The lowest BCUT2D eigenvalue weighted by Gasteiger charge is -2.43. The molecule has 1 aliphatic heterocycles. The molecule has 0 spiro atoms. The molecule has 1 aromatic rings. The van der Waals surface area contributed by atoms with Gasteiger partial charge in [-0.05, 0) is 47.5 Å². The summed E-state index contributed by atoms with van der Waals surface area (Å²) in [6.45, 7) is 5.87. The van der Waals surface area contributed by atoms with Crippen molar-refractivity contribution in [3.8, 4) is 0 Å². The lowest BCUT2D eigenvalue weighted by atomic mass is 9.97. The minimum atomic E-state index is -0.537. The van der Waals surface area contributed by atoms with Crippen LogP contribution in [0.15, 0.2) is 22.7 Å². The quantitative estimate of drug-likeness (QED) is 0.872. The Morgan fingerprint density at radius 2 is 2.22 bits per heavy atom. The SMILES string of the molecule is CC1(C)C(=O)NCCN1c1ccc(CN)cc1Br. The molecular formula is C13H18BrN3O.